The summed E-state index contributed by atoms with van der Waals surface area (Å²) in [6, 6.07) is 9.69. The fourth-order valence-electron chi connectivity index (χ4n) is 1.70. The first kappa shape index (κ1) is 12.1. The summed E-state index contributed by atoms with van der Waals surface area (Å²) in [6.45, 7) is 4.62. The van der Waals surface area contributed by atoms with Gasteiger partial charge in [-0.1, -0.05) is 12.1 Å². The molecule has 0 amide bonds. The van der Waals surface area contributed by atoms with Crippen LogP contribution in [0.1, 0.15) is 29.2 Å². The maximum atomic E-state index is 6.37. The molecule has 1 atom stereocenters. The molecule has 0 radical (unpaired) electrons. The Morgan fingerprint density at radius 1 is 1.24 bits per heavy atom. The van der Waals surface area contributed by atoms with Crippen LogP contribution in [0.3, 0.4) is 0 Å². The van der Waals surface area contributed by atoms with Crippen molar-refractivity contribution in [3.05, 3.63) is 53.5 Å². The molecule has 1 unspecified atom stereocenters. The lowest BCUT2D eigenvalue weighted by atomic mass is 10.1. The van der Waals surface area contributed by atoms with Crippen molar-refractivity contribution < 1.29 is 9.15 Å². The van der Waals surface area contributed by atoms with Gasteiger partial charge in [0.15, 0.2) is 0 Å². The molecule has 0 N–H and O–H groups in total. The van der Waals surface area contributed by atoms with Crippen molar-refractivity contribution in [1.29, 1.82) is 0 Å². The molecule has 0 aliphatic heterocycles. The van der Waals surface area contributed by atoms with E-state index in [2.05, 4.69) is 0 Å². The third-order valence-corrected chi connectivity index (χ3v) is 3.07. The van der Waals surface area contributed by atoms with E-state index in [9.17, 15) is 0 Å². The Morgan fingerprint density at radius 3 is 2.47 bits per heavy atom. The van der Waals surface area contributed by atoms with Crippen molar-refractivity contribution >= 4 is 11.6 Å². The van der Waals surface area contributed by atoms with Gasteiger partial charge in [-0.25, -0.2) is 0 Å². The second-order valence-electron chi connectivity index (χ2n) is 3.83. The molecule has 0 bridgehead atoms. The van der Waals surface area contributed by atoms with Crippen molar-refractivity contribution in [2.45, 2.75) is 19.2 Å². The van der Waals surface area contributed by atoms with Gasteiger partial charge in [-0.3, -0.25) is 0 Å². The van der Waals surface area contributed by atoms with E-state index in [1.807, 2.05) is 44.2 Å². The molecule has 2 rings (SSSR count). The average molecular weight is 251 g/mol. The molecule has 17 heavy (non-hydrogen) atoms. The van der Waals surface area contributed by atoms with E-state index in [0.29, 0.717) is 6.61 Å². The Labute approximate surface area is 106 Å². The lowest BCUT2D eigenvalue weighted by Crippen LogP contribution is -1.95. The van der Waals surface area contributed by atoms with Crippen LogP contribution >= 0.6 is 11.6 Å². The van der Waals surface area contributed by atoms with Crippen LogP contribution in [0.5, 0.6) is 5.75 Å². The molecule has 0 fully saturated rings. The molecule has 1 heterocycles. The summed E-state index contributed by atoms with van der Waals surface area (Å²) in [6.07, 6.45) is 1.66. The van der Waals surface area contributed by atoms with Crippen LogP contribution in [-0.2, 0) is 0 Å². The van der Waals surface area contributed by atoms with Crippen molar-refractivity contribution in [2.24, 2.45) is 0 Å². The molecular formula is C14H15ClO2. The highest BCUT2D eigenvalue weighted by atomic mass is 35.5. The average Bonchev–Trinajstić information content (AvgIpc) is 2.76. The summed E-state index contributed by atoms with van der Waals surface area (Å²) in [7, 11) is 0. The van der Waals surface area contributed by atoms with Crippen LogP contribution < -0.4 is 4.74 Å². The minimum absolute atomic E-state index is 0.249. The number of ether oxygens (including phenoxy) is 1. The minimum Gasteiger partial charge on any atom is -0.494 e. The molecule has 0 spiro atoms. The van der Waals surface area contributed by atoms with Crippen molar-refractivity contribution in [2.75, 3.05) is 6.61 Å². The molecule has 0 saturated heterocycles. The monoisotopic (exact) mass is 250 g/mol. The second-order valence-corrected chi connectivity index (χ2v) is 4.27. The fourth-order valence-corrected chi connectivity index (χ4v) is 2.06. The van der Waals surface area contributed by atoms with E-state index in [0.717, 1.165) is 22.6 Å². The van der Waals surface area contributed by atoms with E-state index in [4.69, 9.17) is 20.8 Å². The van der Waals surface area contributed by atoms with E-state index >= 15 is 0 Å². The highest BCUT2D eigenvalue weighted by molar-refractivity contribution is 6.22. The van der Waals surface area contributed by atoms with Gasteiger partial charge in [-0.15, -0.1) is 11.6 Å². The first-order chi connectivity index (χ1) is 8.22. The quantitative estimate of drug-likeness (QED) is 0.755. The predicted octanol–water partition coefficient (Wildman–Crippen LogP) is 4.31. The zero-order valence-electron chi connectivity index (χ0n) is 9.94. The van der Waals surface area contributed by atoms with Crippen molar-refractivity contribution in [3.63, 3.8) is 0 Å². The first-order valence-electron chi connectivity index (χ1n) is 5.63. The van der Waals surface area contributed by atoms with E-state index in [1.54, 1.807) is 6.26 Å². The molecule has 0 saturated carbocycles. The Morgan fingerprint density at radius 2 is 1.94 bits per heavy atom. The Balaban J connectivity index is 2.20. The van der Waals surface area contributed by atoms with Gasteiger partial charge in [0.1, 0.15) is 16.9 Å². The van der Waals surface area contributed by atoms with Crippen molar-refractivity contribution in [3.8, 4) is 5.75 Å². The number of furan rings is 1. The Kier molecular flexibility index (Phi) is 3.75. The number of halogens is 1. The number of benzene rings is 1. The predicted molar refractivity (Wildman–Crippen MR) is 68.8 cm³/mol. The van der Waals surface area contributed by atoms with Crippen LogP contribution in [-0.4, -0.2) is 6.61 Å². The summed E-state index contributed by atoms with van der Waals surface area (Å²) < 4.78 is 10.8. The number of hydrogen-bond acceptors (Lipinski definition) is 2. The third-order valence-electron chi connectivity index (χ3n) is 2.62. The van der Waals surface area contributed by atoms with Gasteiger partial charge in [-0.05, 0) is 43.2 Å². The minimum atomic E-state index is -0.249. The zero-order chi connectivity index (χ0) is 12.3. The van der Waals surface area contributed by atoms with E-state index in [1.165, 1.54) is 0 Å². The highest BCUT2D eigenvalue weighted by Gasteiger charge is 2.16. The summed E-state index contributed by atoms with van der Waals surface area (Å²) in [5.41, 5.74) is 2.08. The smallest absolute Gasteiger partial charge is 0.128 e. The Bertz CT molecular complexity index is 473. The molecular weight excluding hydrogens is 236 g/mol. The Hall–Kier alpha value is -1.41. The van der Waals surface area contributed by atoms with Gasteiger partial charge in [-0.2, -0.15) is 0 Å². The van der Waals surface area contributed by atoms with Crippen molar-refractivity contribution in [1.82, 2.24) is 0 Å². The lowest BCUT2D eigenvalue weighted by molar-refractivity contribution is 0.340. The standard InChI is InChI=1S/C14H15ClO2/c1-3-16-12-6-4-11(5-7-12)13(15)14-10(2)8-9-17-14/h4-9,13H,3H2,1-2H3. The topological polar surface area (TPSA) is 22.4 Å². The highest BCUT2D eigenvalue weighted by Crippen LogP contribution is 2.32. The van der Waals surface area contributed by atoms with Gasteiger partial charge >= 0.3 is 0 Å². The molecule has 1 aromatic heterocycles. The molecule has 2 aromatic rings. The summed E-state index contributed by atoms with van der Waals surface area (Å²) in [5.74, 6) is 1.66. The number of aryl methyl sites for hydroxylation is 1. The van der Waals surface area contributed by atoms with Crippen LogP contribution in [0.25, 0.3) is 0 Å². The molecule has 1 aromatic carbocycles. The third kappa shape index (κ3) is 2.64. The molecule has 0 aliphatic rings. The molecule has 90 valence electrons. The van der Waals surface area contributed by atoms with Crippen LogP contribution in [0, 0.1) is 6.92 Å². The summed E-state index contributed by atoms with van der Waals surface area (Å²) in [5, 5.41) is -0.249. The fraction of sp³-hybridized carbons (Fsp3) is 0.286. The summed E-state index contributed by atoms with van der Waals surface area (Å²) in [4.78, 5) is 0. The SMILES string of the molecule is CCOc1ccc(C(Cl)c2occc2C)cc1. The largest absolute Gasteiger partial charge is 0.494 e. The maximum Gasteiger partial charge on any atom is 0.128 e. The number of rotatable bonds is 4. The second kappa shape index (κ2) is 5.28. The van der Waals surface area contributed by atoms with Crippen LogP contribution in [0.15, 0.2) is 41.0 Å². The maximum absolute atomic E-state index is 6.37. The zero-order valence-corrected chi connectivity index (χ0v) is 10.7. The molecule has 0 aliphatic carbocycles. The number of hydrogen-bond donors (Lipinski definition) is 0. The normalized spacial score (nSPS) is 12.4. The first-order valence-corrected chi connectivity index (χ1v) is 6.07. The lowest BCUT2D eigenvalue weighted by Gasteiger charge is -2.09. The van der Waals surface area contributed by atoms with Crippen LogP contribution in [0.4, 0.5) is 0 Å². The van der Waals surface area contributed by atoms with Crippen LogP contribution in [0.2, 0.25) is 0 Å². The molecule has 3 heteroatoms. The number of alkyl halides is 1. The van der Waals surface area contributed by atoms with Gasteiger partial charge in [0.2, 0.25) is 0 Å². The van der Waals surface area contributed by atoms with Gasteiger partial charge < -0.3 is 9.15 Å². The summed E-state index contributed by atoms with van der Waals surface area (Å²) >= 11 is 6.37. The van der Waals surface area contributed by atoms with Gasteiger partial charge in [0.25, 0.3) is 0 Å². The molecule has 2 nitrogen and oxygen atoms in total. The van der Waals surface area contributed by atoms with E-state index in [-0.39, 0.29) is 5.38 Å². The van der Waals surface area contributed by atoms with Gasteiger partial charge in [0.05, 0.1) is 12.9 Å². The van der Waals surface area contributed by atoms with Gasteiger partial charge in [0, 0.05) is 0 Å². The van der Waals surface area contributed by atoms with E-state index < -0.39 is 0 Å².